The summed E-state index contributed by atoms with van der Waals surface area (Å²) in [4.78, 5) is 3.97. The molecule has 0 aliphatic heterocycles. The van der Waals surface area contributed by atoms with Gasteiger partial charge in [-0.1, -0.05) is 23.8 Å². The molecule has 0 radical (unpaired) electrons. The van der Waals surface area contributed by atoms with Gasteiger partial charge in [0.2, 0.25) is 0 Å². The predicted molar refractivity (Wildman–Crippen MR) is 52.2 cm³/mol. The highest BCUT2D eigenvalue weighted by Crippen LogP contribution is 2.14. The zero-order valence-corrected chi connectivity index (χ0v) is 7.67. The first kappa shape index (κ1) is 9.23. The lowest BCUT2D eigenvalue weighted by Gasteiger charge is -1.95. The zero-order valence-electron chi connectivity index (χ0n) is 6.92. The Morgan fingerprint density at radius 3 is 3.17 bits per heavy atom. The van der Waals surface area contributed by atoms with E-state index in [1.54, 1.807) is 18.5 Å². The highest BCUT2D eigenvalue weighted by atomic mass is 35.5. The number of likely N-dealkylation sites (N-methyl/N-ethyl adjacent to an activating group) is 1. The smallest absolute Gasteiger partial charge is 0.0509 e. The topological polar surface area (TPSA) is 24.9 Å². The van der Waals surface area contributed by atoms with Crippen LogP contribution >= 0.6 is 11.6 Å². The van der Waals surface area contributed by atoms with Gasteiger partial charge in [-0.3, -0.25) is 4.98 Å². The molecule has 0 spiro atoms. The van der Waals surface area contributed by atoms with Crippen molar-refractivity contribution in [3.63, 3.8) is 0 Å². The van der Waals surface area contributed by atoms with Gasteiger partial charge in [-0.05, 0) is 13.1 Å². The Bertz CT molecular complexity index is 271. The van der Waals surface area contributed by atoms with Crippen molar-refractivity contribution in [2.45, 2.75) is 0 Å². The quantitative estimate of drug-likeness (QED) is 0.773. The van der Waals surface area contributed by atoms with Crippen LogP contribution in [0.5, 0.6) is 0 Å². The van der Waals surface area contributed by atoms with Crippen LogP contribution < -0.4 is 5.32 Å². The fourth-order valence-corrected chi connectivity index (χ4v) is 0.984. The molecule has 0 aliphatic carbocycles. The van der Waals surface area contributed by atoms with Gasteiger partial charge in [0.15, 0.2) is 0 Å². The lowest BCUT2D eigenvalue weighted by molar-refractivity contribution is 0.922. The van der Waals surface area contributed by atoms with Crippen LogP contribution in [0.25, 0.3) is 6.08 Å². The Labute approximate surface area is 77.3 Å². The molecule has 1 N–H and O–H groups in total. The van der Waals surface area contributed by atoms with Crippen LogP contribution in [0.15, 0.2) is 24.5 Å². The van der Waals surface area contributed by atoms with Crippen LogP contribution in [0.1, 0.15) is 5.56 Å². The molecule has 3 heteroatoms. The second-order valence-corrected chi connectivity index (χ2v) is 2.76. The monoisotopic (exact) mass is 182 g/mol. The summed E-state index contributed by atoms with van der Waals surface area (Å²) in [6, 6.07) is 1.78. The normalized spacial score (nSPS) is 10.8. The number of halogens is 1. The van der Waals surface area contributed by atoms with E-state index in [2.05, 4.69) is 10.3 Å². The molecule has 0 aromatic carbocycles. The largest absolute Gasteiger partial charge is 0.316 e. The highest BCUT2D eigenvalue weighted by molar-refractivity contribution is 6.32. The van der Waals surface area contributed by atoms with Crippen LogP contribution in [-0.2, 0) is 0 Å². The average Bonchev–Trinajstić information content (AvgIpc) is 2.09. The molecule has 12 heavy (non-hydrogen) atoms. The molecule has 0 saturated carbocycles. The van der Waals surface area contributed by atoms with Crippen LogP contribution in [0.4, 0.5) is 0 Å². The van der Waals surface area contributed by atoms with Crippen molar-refractivity contribution in [2.24, 2.45) is 0 Å². The molecule has 0 saturated heterocycles. The van der Waals surface area contributed by atoms with Crippen molar-refractivity contribution in [3.8, 4) is 0 Å². The van der Waals surface area contributed by atoms with Gasteiger partial charge in [0.25, 0.3) is 0 Å². The summed E-state index contributed by atoms with van der Waals surface area (Å²) in [5.74, 6) is 0. The van der Waals surface area contributed by atoms with E-state index in [0.717, 1.165) is 17.1 Å². The molecule has 2 nitrogen and oxygen atoms in total. The molecule has 0 unspecified atom stereocenters. The standard InChI is InChI=1S/C9H11ClN2/c1-11-5-2-3-8-7-12-6-4-9(8)10/h2-4,6-7,11H,5H2,1H3. The number of nitrogens with one attached hydrogen (secondary N) is 1. The molecule has 0 bridgehead atoms. The average molecular weight is 183 g/mol. The van der Waals surface area contributed by atoms with Crippen LogP contribution in [0, 0.1) is 0 Å². The van der Waals surface area contributed by atoms with Gasteiger partial charge >= 0.3 is 0 Å². The lowest BCUT2D eigenvalue weighted by atomic mass is 10.2. The predicted octanol–water partition coefficient (Wildman–Crippen LogP) is 1.97. The number of hydrogen-bond acceptors (Lipinski definition) is 2. The number of hydrogen-bond donors (Lipinski definition) is 1. The first-order valence-electron chi connectivity index (χ1n) is 3.75. The summed E-state index contributed by atoms with van der Waals surface area (Å²) >= 11 is 5.89. The van der Waals surface area contributed by atoms with E-state index < -0.39 is 0 Å². The van der Waals surface area contributed by atoms with E-state index in [1.807, 2.05) is 19.2 Å². The molecule has 1 heterocycles. The summed E-state index contributed by atoms with van der Waals surface area (Å²) in [6.07, 6.45) is 7.38. The molecule has 1 rings (SSSR count). The summed E-state index contributed by atoms with van der Waals surface area (Å²) in [7, 11) is 1.90. The fraction of sp³-hybridized carbons (Fsp3) is 0.222. The Morgan fingerprint density at radius 1 is 1.67 bits per heavy atom. The minimum atomic E-state index is 0.734. The van der Waals surface area contributed by atoms with E-state index in [-0.39, 0.29) is 0 Å². The van der Waals surface area contributed by atoms with E-state index >= 15 is 0 Å². The van der Waals surface area contributed by atoms with Crippen molar-refractivity contribution in [1.29, 1.82) is 0 Å². The Balaban J connectivity index is 2.68. The van der Waals surface area contributed by atoms with Crippen molar-refractivity contribution in [2.75, 3.05) is 13.6 Å². The summed E-state index contributed by atoms with van der Waals surface area (Å²) in [5.41, 5.74) is 0.953. The molecular formula is C9H11ClN2. The highest BCUT2D eigenvalue weighted by Gasteiger charge is 1.92. The van der Waals surface area contributed by atoms with Gasteiger partial charge in [0, 0.05) is 24.5 Å². The van der Waals surface area contributed by atoms with E-state index in [0.29, 0.717) is 0 Å². The molecule has 1 aromatic heterocycles. The van der Waals surface area contributed by atoms with E-state index in [9.17, 15) is 0 Å². The minimum Gasteiger partial charge on any atom is -0.316 e. The van der Waals surface area contributed by atoms with E-state index in [1.165, 1.54) is 0 Å². The number of pyridine rings is 1. The second kappa shape index (κ2) is 4.91. The molecule has 64 valence electrons. The first-order valence-corrected chi connectivity index (χ1v) is 4.13. The number of rotatable bonds is 3. The van der Waals surface area contributed by atoms with Gasteiger partial charge in [-0.15, -0.1) is 0 Å². The van der Waals surface area contributed by atoms with Gasteiger partial charge < -0.3 is 5.32 Å². The second-order valence-electron chi connectivity index (χ2n) is 2.36. The third kappa shape index (κ3) is 2.64. The Hall–Kier alpha value is -0.860. The van der Waals surface area contributed by atoms with Gasteiger partial charge in [-0.25, -0.2) is 0 Å². The van der Waals surface area contributed by atoms with Crippen LogP contribution in [0.2, 0.25) is 5.02 Å². The molecule has 0 atom stereocenters. The Morgan fingerprint density at radius 2 is 2.50 bits per heavy atom. The molecule has 0 aliphatic rings. The molecule has 0 fully saturated rings. The molecule has 0 amide bonds. The maximum atomic E-state index is 5.89. The molecular weight excluding hydrogens is 172 g/mol. The number of aromatic nitrogens is 1. The zero-order chi connectivity index (χ0) is 8.81. The maximum absolute atomic E-state index is 5.89. The summed E-state index contributed by atoms with van der Waals surface area (Å²) < 4.78 is 0. The van der Waals surface area contributed by atoms with Crippen molar-refractivity contribution < 1.29 is 0 Å². The SMILES string of the molecule is CNCC=Cc1cnccc1Cl. The minimum absolute atomic E-state index is 0.734. The lowest BCUT2D eigenvalue weighted by Crippen LogP contribution is -2.03. The van der Waals surface area contributed by atoms with Crippen molar-refractivity contribution in [1.82, 2.24) is 10.3 Å². The van der Waals surface area contributed by atoms with Crippen LogP contribution in [0.3, 0.4) is 0 Å². The van der Waals surface area contributed by atoms with Gasteiger partial charge in [0.1, 0.15) is 0 Å². The summed E-state index contributed by atoms with van der Waals surface area (Å²) in [6.45, 7) is 0.839. The first-order chi connectivity index (χ1) is 5.84. The van der Waals surface area contributed by atoms with Gasteiger partial charge in [-0.2, -0.15) is 0 Å². The van der Waals surface area contributed by atoms with Crippen molar-refractivity contribution in [3.05, 3.63) is 35.1 Å². The van der Waals surface area contributed by atoms with Crippen molar-refractivity contribution >= 4 is 17.7 Å². The molecule has 1 aromatic rings. The van der Waals surface area contributed by atoms with E-state index in [4.69, 9.17) is 11.6 Å². The fourth-order valence-electron chi connectivity index (χ4n) is 0.816. The Kier molecular flexibility index (Phi) is 3.77. The maximum Gasteiger partial charge on any atom is 0.0509 e. The third-order valence-corrected chi connectivity index (χ3v) is 1.76. The summed E-state index contributed by atoms with van der Waals surface area (Å²) in [5, 5.41) is 3.74. The third-order valence-electron chi connectivity index (χ3n) is 1.42. The van der Waals surface area contributed by atoms with Gasteiger partial charge in [0.05, 0.1) is 5.02 Å². The number of nitrogens with zero attached hydrogens (tertiary/aromatic N) is 1. The van der Waals surface area contributed by atoms with Crippen LogP contribution in [-0.4, -0.2) is 18.6 Å².